The molecule has 0 unspecified atom stereocenters. The van der Waals surface area contributed by atoms with Crippen LogP contribution in [0.1, 0.15) is 12.0 Å². The Kier molecular flexibility index (Phi) is 2.52. The largest absolute Gasteiger partial charge is 0.340 e. The molecule has 0 saturated heterocycles. The van der Waals surface area contributed by atoms with Gasteiger partial charge < -0.3 is 4.57 Å². The lowest BCUT2D eigenvalue weighted by Gasteiger charge is -2.18. The van der Waals surface area contributed by atoms with Crippen LogP contribution in [-0.4, -0.2) is 4.57 Å². The van der Waals surface area contributed by atoms with Gasteiger partial charge in [0.2, 0.25) is 0 Å². The first-order valence-electron chi connectivity index (χ1n) is 6.70. The Morgan fingerprint density at radius 2 is 1.84 bits per heavy atom. The van der Waals surface area contributed by atoms with Crippen molar-refractivity contribution in [3.8, 4) is 11.3 Å². The molecule has 3 aromatic rings. The van der Waals surface area contributed by atoms with Gasteiger partial charge in [-0.3, -0.25) is 0 Å². The maximum Gasteiger partial charge on any atom is 0.0518 e. The first kappa shape index (κ1) is 11.3. The predicted octanol–water partition coefficient (Wildman–Crippen LogP) is 5.02. The van der Waals surface area contributed by atoms with Gasteiger partial charge in [-0.05, 0) is 42.2 Å². The van der Waals surface area contributed by atoms with E-state index >= 15 is 0 Å². The van der Waals surface area contributed by atoms with Crippen LogP contribution in [0.25, 0.3) is 22.2 Å². The molecule has 2 aromatic carbocycles. The van der Waals surface area contributed by atoms with E-state index in [4.69, 9.17) is 0 Å². The number of aryl methyl sites for hydroxylation is 2. The lowest BCUT2D eigenvalue weighted by molar-refractivity contribution is 0.640. The molecule has 1 aliphatic heterocycles. The zero-order valence-electron chi connectivity index (χ0n) is 10.6. The van der Waals surface area contributed by atoms with Gasteiger partial charge >= 0.3 is 0 Å². The van der Waals surface area contributed by atoms with Crippen LogP contribution in [0.3, 0.4) is 0 Å². The van der Waals surface area contributed by atoms with Crippen molar-refractivity contribution >= 4 is 26.8 Å². The molecule has 19 heavy (non-hydrogen) atoms. The second-order valence-corrected chi connectivity index (χ2v) is 6.07. The smallest absolute Gasteiger partial charge is 0.0518 e. The molecule has 2 heteroatoms. The van der Waals surface area contributed by atoms with Crippen LogP contribution in [-0.2, 0) is 13.0 Å². The molecule has 0 radical (unpaired) electrons. The van der Waals surface area contributed by atoms with E-state index < -0.39 is 0 Å². The number of aromatic nitrogens is 1. The molecule has 0 bridgehead atoms. The van der Waals surface area contributed by atoms with E-state index in [2.05, 4.69) is 69.0 Å². The summed E-state index contributed by atoms with van der Waals surface area (Å²) in [4.78, 5) is 0. The fourth-order valence-corrected chi connectivity index (χ4v) is 3.69. The van der Waals surface area contributed by atoms with Crippen LogP contribution in [0, 0.1) is 0 Å². The number of nitrogens with zero attached hydrogens (tertiary/aromatic N) is 1. The summed E-state index contributed by atoms with van der Waals surface area (Å²) in [7, 11) is 0. The summed E-state index contributed by atoms with van der Waals surface area (Å²) in [5.74, 6) is 0. The summed E-state index contributed by atoms with van der Waals surface area (Å²) in [6.45, 7) is 1.13. The van der Waals surface area contributed by atoms with Gasteiger partial charge in [0.05, 0.1) is 5.52 Å². The Morgan fingerprint density at radius 3 is 2.68 bits per heavy atom. The molecule has 1 aromatic heterocycles. The predicted molar refractivity (Wildman–Crippen MR) is 83.4 cm³/mol. The standard InChI is InChI=1S/C17H14BrN/c18-15-9-13-7-4-8-19-16(11-14(10-15)17(13)19)12-5-2-1-3-6-12/h1-3,5-6,9-11H,4,7-8H2. The minimum Gasteiger partial charge on any atom is -0.340 e. The summed E-state index contributed by atoms with van der Waals surface area (Å²) >= 11 is 3.63. The highest BCUT2D eigenvalue weighted by atomic mass is 79.9. The number of hydrogen-bond donors (Lipinski definition) is 0. The second kappa shape index (κ2) is 4.24. The summed E-state index contributed by atoms with van der Waals surface area (Å²) in [6.07, 6.45) is 2.42. The van der Waals surface area contributed by atoms with E-state index in [1.54, 1.807) is 0 Å². The third kappa shape index (κ3) is 1.74. The number of rotatable bonds is 1. The summed E-state index contributed by atoms with van der Waals surface area (Å²) in [5.41, 5.74) is 5.54. The highest BCUT2D eigenvalue weighted by Gasteiger charge is 2.17. The maximum absolute atomic E-state index is 3.63. The van der Waals surface area contributed by atoms with Crippen molar-refractivity contribution in [3.63, 3.8) is 0 Å². The van der Waals surface area contributed by atoms with E-state index in [1.807, 2.05) is 0 Å². The Bertz CT molecular complexity index is 756. The highest BCUT2D eigenvalue weighted by molar-refractivity contribution is 9.10. The van der Waals surface area contributed by atoms with Crippen LogP contribution in [0.4, 0.5) is 0 Å². The van der Waals surface area contributed by atoms with E-state index in [1.165, 1.54) is 45.0 Å². The molecule has 0 spiro atoms. The maximum atomic E-state index is 3.63. The lowest BCUT2D eigenvalue weighted by Crippen LogP contribution is -2.08. The van der Waals surface area contributed by atoms with Crippen LogP contribution >= 0.6 is 15.9 Å². The quantitative estimate of drug-likeness (QED) is 0.595. The third-order valence-electron chi connectivity index (χ3n) is 3.93. The molecule has 94 valence electrons. The van der Waals surface area contributed by atoms with Crippen molar-refractivity contribution < 1.29 is 0 Å². The summed E-state index contributed by atoms with van der Waals surface area (Å²) in [6, 6.07) is 17.5. The van der Waals surface area contributed by atoms with E-state index in [0.29, 0.717) is 0 Å². The summed E-state index contributed by atoms with van der Waals surface area (Å²) < 4.78 is 3.67. The van der Waals surface area contributed by atoms with Gasteiger partial charge in [-0.1, -0.05) is 46.3 Å². The molecular formula is C17H14BrN. The molecule has 4 rings (SSSR count). The molecule has 1 nitrogen and oxygen atoms in total. The molecule has 1 aliphatic rings. The normalized spacial score (nSPS) is 13.9. The van der Waals surface area contributed by atoms with Crippen molar-refractivity contribution in [2.24, 2.45) is 0 Å². The van der Waals surface area contributed by atoms with Gasteiger partial charge in [-0.2, -0.15) is 0 Å². The molecule has 0 saturated carbocycles. The number of benzene rings is 2. The molecule has 0 atom stereocenters. The first-order valence-corrected chi connectivity index (χ1v) is 7.49. The average molecular weight is 312 g/mol. The third-order valence-corrected chi connectivity index (χ3v) is 4.39. The minimum absolute atomic E-state index is 1.13. The van der Waals surface area contributed by atoms with Gasteiger partial charge in [0, 0.05) is 22.1 Å². The van der Waals surface area contributed by atoms with Crippen LogP contribution < -0.4 is 0 Å². The average Bonchev–Trinajstić information content (AvgIpc) is 2.80. The molecule has 2 heterocycles. The van der Waals surface area contributed by atoms with Crippen LogP contribution in [0.2, 0.25) is 0 Å². The molecule has 0 amide bonds. The van der Waals surface area contributed by atoms with Gasteiger partial charge in [-0.15, -0.1) is 0 Å². The minimum atomic E-state index is 1.13. The van der Waals surface area contributed by atoms with Crippen molar-refractivity contribution in [3.05, 3.63) is 58.6 Å². The SMILES string of the molecule is Brc1cc2c3c(c1)cc(-c1ccccc1)n3CCC2. The van der Waals surface area contributed by atoms with E-state index in [-0.39, 0.29) is 0 Å². The van der Waals surface area contributed by atoms with Crippen molar-refractivity contribution in [1.82, 2.24) is 4.57 Å². The van der Waals surface area contributed by atoms with E-state index in [0.717, 1.165) is 6.54 Å². The van der Waals surface area contributed by atoms with Gasteiger partial charge in [0.1, 0.15) is 0 Å². The Balaban J connectivity index is 2.07. The Labute approximate surface area is 121 Å². The first-order chi connectivity index (χ1) is 9.33. The summed E-state index contributed by atoms with van der Waals surface area (Å²) in [5, 5.41) is 1.35. The van der Waals surface area contributed by atoms with Crippen molar-refractivity contribution in [2.45, 2.75) is 19.4 Å². The Morgan fingerprint density at radius 1 is 1.00 bits per heavy atom. The van der Waals surface area contributed by atoms with Crippen LogP contribution in [0.15, 0.2) is 53.0 Å². The highest BCUT2D eigenvalue weighted by Crippen LogP contribution is 2.35. The van der Waals surface area contributed by atoms with E-state index in [9.17, 15) is 0 Å². The molecule has 0 fully saturated rings. The van der Waals surface area contributed by atoms with Gasteiger partial charge in [0.15, 0.2) is 0 Å². The molecule has 0 aliphatic carbocycles. The fourth-order valence-electron chi connectivity index (χ4n) is 3.16. The van der Waals surface area contributed by atoms with Crippen LogP contribution in [0.5, 0.6) is 0 Å². The lowest BCUT2D eigenvalue weighted by atomic mass is 10.0. The van der Waals surface area contributed by atoms with Gasteiger partial charge in [0.25, 0.3) is 0 Å². The van der Waals surface area contributed by atoms with Crippen molar-refractivity contribution in [2.75, 3.05) is 0 Å². The number of halogens is 1. The Hall–Kier alpha value is -1.54. The monoisotopic (exact) mass is 311 g/mol. The molecular weight excluding hydrogens is 298 g/mol. The topological polar surface area (TPSA) is 4.93 Å². The van der Waals surface area contributed by atoms with Gasteiger partial charge in [-0.25, -0.2) is 0 Å². The second-order valence-electron chi connectivity index (χ2n) is 5.15. The molecule has 0 N–H and O–H groups in total. The van der Waals surface area contributed by atoms with Crippen molar-refractivity contribution in [1.29, 1.82) is 0 Å². The zero-order valence-corrected chi connectivity index (χ0v) is 12.2. The fraction of sp³-hybridized carbons (Fsp3) is 0.176. The number of hydrogen-bond acceptors (Lipinski definition) is 0. The zero-order chi connectivity index (χ0) is 12.8.